The normalized spacial score (nSPS) is 16.9. The van der Waals surface area contributed by atoms with Crippen molar-refractivity contribution >= 4 is 16.9 Å². The SMILES string of the molecule is O=C(O)c1ccc(-c2c(C3CC4(COC4)C3)n(-c3ccc(F)c(F)c3)c3cc(F)cc(O)c23)cc1. The Hall–Kier alpha value is -3.78. The lowest BCUT2D eigenvalue weighted by molar-refractivity contribution is -0.165. The van der Waals surface area contributed by atoms with Crippen LogP contribution in [0, 0.1) is 22.9 Å². The van der Waals surface area contributed by atoms with Crippen molar-refractivity contribution in [3.05, 3.63) is 83.3 Å². The fraction of sp³-hybridized carbons (Fsp3) is 0.222. The number of aromatic carboxylic acids is 1. The van der Waals surface area contributed by atoms with Gasteiger partial charge in [0.1, 0.15) is 11.6 Å². The molecule has 0 bridgehead atoms. The average Bonchev–Trinajstić information content (AvgIpc) is 3.08. The molecule has 4 aromatic rings. The van der Waals surface area contributed by atoms with Crippen LogP contribution in [0.15, 0.2) is 54.6 Å². The number of aromatic hydroxyl groups is 1. The third kappa shape index (κ3) is 3.31. The van der Waals surface area contributed by atoms with Gasteiger partial charge in [-0.05, 0) is 48.7 Å². The number of rotatable bonds is 4. The molecule has 35 heavy (non-hydrogen) atoms. The number of hydrogen-bond acceptors (Lipinski definition) is 3. The van der Waals surface area contributed by atoms with Crippen molar-refractivity contribution in [1.29, 1.82) is 0 Å². The highest BCUT2D eigenvalue weighted by atomic mass is 19.2. The summed E-state index contributed by atoms with van der Waals surface area (Å²) in [7, 11) is 0. The minimum Gasteiger partial charge on any atom is -0.507 e. The quantitative estimate of drug-likeness (QED) is 0.376. The number of nitrogens with zero attached hydrogens (tertiary/aromatic N) is 1. The molecule has 2 N–H and O–H groups in total. The minimum atomic E-state index is -1.07. The van der Waals surface area contributed by atoms with Crippen molar-refractivity contribution in [2.24, 2.45) is 5.41 Å². The van der Waals surface area contributed by atoms with Gasteiger partial charge in [0, 0.05) is 40.4 Å². The number of carboxylic acids is 1. The zero-order chi connectivity index (χ0) is 24.5. The van der Waals surface area contributed by atoms with Crippen molar-refractivity contribution in [3.8, 4) is 22.6 Å². The van der Waals surface area contributed by atoms with E-state index in [4.69, 9.17) is 4.74 Å². The molecule has 1 spiro atoms. The van der Waals surface area contributed by atoms with E-state index in [0.717, 1.165) is 36.7 Å². The van der Waals surface area contributed by atoms with Crippen LogP contribution in [0.2, 0.25) is 0 Å². The topological polar surface area (TPSA) is 71.7 Å². The Balaban J connectivity index is 1.66. The van der Waals surface area contributed by atoms with Gasteiger partial charge in [0.15, 0.2) is 11.6 Å². The number of phenolic OH excluding ortho intramolecular Hbond substituents is 1. The van der Waals surface area contributed by atoms with Crippen LogP contribution in [0.4, 0.5) is 13.2 Å². The second kappa shape index (κ2) is 7.61. The molecule has 5 nitrogen and oxygen atoms in total. The Bertz CT molecular complexity index is 1500. The van der Waals surface area contributed by atoms with E-state index in [1.165, 1.54) is 24.3 Å². The summed E-state index contributed by atoms with van der Waals surface area (Å²) in [4.78, 5) is 11.4. The smallest absolute Gasteiger partial charge is 0.335 e. The largest absolute Gasteiger partial charge is 0.507 e. The van der Waals surface area contributed by atoms with Crippen molar-refractivity contribution in [2.45, 2.75) is 18.8 Å². The van der Waals surface area contributed by atoms with E-state index in [0.29, 0.717) is 40.9 Å². The Morgan fingerprint density at radius 1 is 0.971 bits per heavy atom. The maximum absolute atomic E-state index is 14.5. The van der Waals surface area contributed by atoms with E-state index < -0.39 is 23.4 Å². The molecule has 0 radical (unpaired) electrons. The van der Waals surface area contributed by atoms with Gasteiger partial charge in [-0.2, -0.15) is 0 Å². The molecule has 3 aromatic carbocycles. The summed E-state index contributed by atoms with van der Waals surface area (Å²) in [5, 5.41) is 20.5. The van der Waals surface area contributed by atoms with Gasteiger partial charge >= 0.3 is 5.97 Å². The lowest BCUT2D eigenvalue weighted by Gasteiger charge is -2.53. The van der Waals surface area contributed by atoms with Crippen molar-refractivity contribution in [2.75, 3.05) is 13.2 Å². The first-order chi connectivity index (χ1) is 16.8. The van der Waals surface area contributed by atoms with Crippen LogP contribution in [0.1, 0.15) is 34.8 Å². The summed E-state index contributed by atoms with van der Waals surface area (Å²) in [5.41, 5.74) is 2.75. The van der Waals surface area contributed by atoms with Gasteiger partial charge in [0.05, 0.1) is 29.7 Å². The number of fused-ring (bicyclic) bond motifs is 1. The standard InChI is InChI=1S/C27H20F3NO4/c28-17-7-21-24(22(32)8-17)23(14-1-3-15(4-2-14)26(33)34)25(16-10-27(11-16)12-35-13-27)31(21)18-5-6-19(29)20(30)9-18/h1-9,16,32H,10-13H2,(H,33,34). The van der Waals surface area contributed by atoms with Crippen molar-refractivity contribution in [3.63, 3.8) is 0 Å². The highest BCUT2D eigenvalue weighted by Crippen LogP contribution is 2.58. The van der Waals surface area contributed by atoms with Gasteiger partial charge in [0.25, 0.3) is 0 Å². The molecule has 2 fully saturated rings. The summed E-state index contributed by atoms with van der Waals surface area (Å²) in [5.74, 6) is -4.10. The highest BCUT2D eigenvalue weighted by Gasteiger charge is 2.51. The van der Waals surface area contributed by atoms with Gasteiger partial charge in [0.2, 0.25) is 0 Å². The maximum atomic E-state index is 14.5. The highest BCUT2D eigenvalue weighted by molar-refractivity contribution is 6.03. The number of halogens is 3. The first-order valence-electron chi connectivity index (χ1n) is 11.2. The summed E-state index contributed by atoms with van der Waals surface area (Å²) in [6, 6.07) is 12.0. The van der Waals surface area contributed by atoms with Gasteiger partial charge < -0.3 is 19.5 Å². The molecular formula is C27H20F3NO4. The maximum Gasteiger partial charge on any atom is 0.335 e. The number of aromatic nitrogens is 1. The van der Waals surface area contributed by atoms with E-state index in [1.807, 2.05) is 0 Å². The second-order valence-electron chi connectivity index (χ2n) is 9.49. The first kappa shape index (κ1) is 21.7. The molecule has 178 valence electrons. The number of benzene rings is 3. The Morgan fingerprint density at radius 3 is 2.29 bits per heavy atom. The van der Waals surface area contributed by atoms with Crippen LogP contribution in [0.25, 0.3) is 27.7 Å². The first-order valence-corrected chi connectivity index (χ1v) is 11.2. The fourth-order valence-electron chi connectivity index (χ4n) is 5.55. The minimum absolute atomic E-state index is 0.0176. The molecule has 0 atom stereocenters. The van der Waals surface area contributed by atoms with Crippen molar-refractivity contribution < 1.29 is 32.9 Å². The van der Waals surface area contributed by atoms with Gasteiger partial charge in [-0.25, -0.2) is 18.0 Å². The summed E-state index contributed by atoms with van der Waals surface area (Å²) in [6.45, 7) is 1.30. The van der Waals surface area contributed by atoms with Gasteiger partial charge in [-0.3, -0.25) is 0 Å². The lowest BCUT2D eigenvalue weighted by atomic mass is 9.59. The fourth-order valence-corrected chi connectivity index (χ4v) is 5.55. The Labute approximate surface area is 198 Å². The molecule has 1 saturated carbocycles. The summed E-state index contributed by atoms with van der Waals surface area (Å²) in [6.07, 6.45) is 1.58. The molecule has 1 aliphatic heterocycles. The number of ether oxygens (including phenoxy) is 1. The van der Waals surface area contributed by atoms with E-state index in [1.54, 1.807) is 16.7 Å². The van der Waals surface area contributed by atoms with Crippen LogP contribution in [0.3, 0.4) is 0 Å². The van der Waals surface area contributed by atoms with Crippen LogP contribution >= 0.6 is 0 Å². The zero-order valence-electron chi connectivity index (χ0n) is 18.4. The molecule has 0 amide bonds. The average molecular weight is 479 g/mol. The number of hydrogen-bond donors (Lipinski definition) is 2. The predicted molar refractivity (Wildman–Crippen MR) is 122 cm³/mol. The molecule has 1 saturated heterocycles. The molecule has 2 heterocycles. The van der Waals surface area contributed by atoms with Crippen LogP contribution in [-0.2, 0) is 4.74 Å². The molecular weight excluding hydrogens is 459 g/mol. The van der Waals surface area contributed by atoms with Crippen molar-refractivity contribution in [1.82, 2.24) is 4.57 Å². The van der Waals surface area contributed by atoms with Crippen LogP contribution in [0.5, 0.6) is 5.75 Å². The lowest BCUT2D eigenvalue weighted by Crippen LogP contribution is -2.51. The molecule has 1 aromatic heterocycles. The van der Waals surface area contributed by atoms with Crippen LogP contribution in [-0.4, -0.2) is 34.0 Å². The van der Waals surface area contributed by atoms with E-state index >= 15 is 0 Å². The summed E-state index contributed by atoms with van der Waals surface area (Å²) >= 11 is 0. The van der Waals surface area contributed by atoms with Gasteiger partial charge in [-0.15, -0.1) is 0 Å². The Morgan fingerprint density at radius 2 is 1.69 bits per heavy atom. The number of carbonyl (C=O) groups is 1. The van der Waals surface area contributed by atoms with Crippen LogP contribution < -0.4 is 0 Å². The predicted octanol–water partition coefficient (Wildman–Crippen LogP) is 6.01. The number of carboxylic acid groups (broad SMARTS) is 1. The molecule has 2 aliphatic rings. The Kier molecular flexibility index (Phi) is 4.73. The van der Waals surface area contributed by atoms with E-state index in [9.17, 15) is 28.2 Å². The van der Waals surface area contributed by atoms with E-state index in [2.05, 4.69) is 0 Å². The molecule has 8 heteroatoms. The zero-order valence-corrected chi connectivity index (χ0v) is 18.4. The van der Waals surface area contributed by atoms with E-state index in [-0.39, 0.29) is 22.6 Å². The molecule has 6 rings (SSSR count). The monoisotopic (exact) mass is 479 g/mol. The third-order valence-corrected chi connectivity index (χ3v) is 7.19. The summed E-state index contributed by atoms with van der Waals surface area (Å²) < 4.78 is 49.7. The molecule has 1 aliphatic carbocycles. The number of phenols is 1. The second-order valence-corrected chi connectivity index (χ2v) is 9.49. The molecule has 0 unspecified atom stereocenters. The van der Waals surface area contributed by atoms with Gasteiger partial charge in [-0.1, -0.05) is 12.1 Å². The third-order valence-electron chi connectivity index (χ3n) is 7.19.